The van der Waals surface area contributed by atoms with Crippen molar-refractivity contribution < 1.29 is 17.8 Å². The average Bonchev–Trinajstić information content (AvgIpc) is 2.10. The standard InChI is InChI=1S/C10H21NO4S/c1-9(2)5-3-6-10(12)11-7-4-8-16(13,14)15/h9H,3-8H2,1-2H3,(H,11,12)(H,13,14,15)/p-1. The smallest absolute Gasteiger partial charge is 0.219 e. The van der Waals surface area contributed by atoms with E-state index in [0.29, 0.717) is 12.3 Å². The molecule has 0 rings (SSSR count). The molecule has 0 atom stereocenters. The highest BCUT2D eigenvalue weighted by atomic mass is 32.2. The van der Waals surface area contributed by atoms with Gasteiger partial charge in [-0.3, -0.25) is 4.79 Å². The van der Waals surface area contributed by atoms with Crippen molar-refractivity contribution in [3.8, 4) is 0 Å². The molecule has 0 aliphatic rings. The molecule has 5 nitrogen and oxygen atoms in total. The van der Waals surface area contributed by atoms with Crippen LogP contribution in [0.2, 0.25) is 0 Å². The van der Waals surface area contributed by atoms with Crippen molar-refractivity contribution in [3.63, 3.8) is 0 Å². The van der Waals surface area contributed by atoms with Crippen molar-refractivity contribution in [1.82, 2.24) is 5.32 Å². The monoisotopic (exact) mass is 250 g/mol. The molecule has 0 radical (unpaired) electrons. The maximum Gasteiger partial charge on any atom is 0.219 e. The fraction of sp³-hybridized carbons (Fsp3) is 0.900. The Morgan fingerprint density at radius 1 is 1.31 bits per heavy atom. The van der Waals surface area contributed by atoms with Crippen molar-refractivity contribution in [2.24, 2.45) is 5.92 Å². The van der Waals surface area contributed by atoms with Crippen LogP contribution < -0.4 is 5.32 Å². The van der Waals surface area contributed by atoms with Gasteiger partial charge in [0, 0.05) is 18.7 Å². The molecule has 0 fully saturated rings. The van der Waals surface area contributed by atoms with Crippen LogP contribution in [0.1, 0.15) is 39.5 Å². The first kappa shape index (κ1) is 15.4. The van der Waals surface area contributed by atoms with Gasteiger partial charge in [0.2, 0.25) is 5.91 Å². The van der Waals surface area contributed by atoms with Crippen LogP contribution in [0.4, 0.5) is 0 Å². The molecule has 0 bridgehead atoms. The first-order valence-electron chi connectivity index (χ1n) is 5.51. The predicted octanol–water partition coefficient (Wildman–Crippen LogP) is 0.864. The maximum absolute atomic E-state index is 11.2. The molecule has 1 amide bonds. The summed E-state index contributed by atoms with van der Waals surface area (Å²) in [5, 5.41) is 2.59. The van der Waals surface area contributed by atoms with Gasteiger partial charge in [-0.1, -0.05) is 20.3 Å². The van der Waals surface area contributed by atoms with Gasteiger partial charge in [0.05, 0.1) is 10.1 Å². The Labute approximate surface area is 97.4 Å². The normalized spacial score (nSPS) is 11.8. The van der Waals surface area contributed by atoms with Crippen LogP contribution in [-0.4, -0.2) is 31.2 Å². The van der Waals surface area contributed by atoms with Gasteiger partial charge in [-0.15, -0.1) is 0 Å². The summed E-state index contributed by atoms with van der Waals surface area (Å²) in [7, 11) is -4.15. The van der Waals surface area contributed by atoms with Crippen LogP contribution in [-0.2, 0) is 14.9 Å². The van der Waals surface area contributed by atoms with Crippen LogP contribution in [0.3, 0.4) is 0 Å². The van der Waals surface area contributed by atoms with E-state index in [-0.39, 0.29) is 18.9 Å². The molecule has 0 aliphatic heterocycles. The zero-order valence-electron chi connectivity index (χ0n) is 9.86. The molecular formula is C10H20NO4S-. The number of carbonyl (C=O) groups excluding carboxylic acids is 1. The van der Waals surface area contributed by atoms with Gasteiger partial charge in [-0.25, -0.2) is 8.42 Å². The third-order valence-electron chi connectivity index (χ3n) is 2.08. The van der Waals surface area contributed by atoms with Crippen molar-refractivity contribution in [3.05, 3.63) is 0 Å². The van der Waals surface area contributed by atoms with Crippen LogP contribution in [0.5, 0.6) is 0 Å². The van der Waals surface area contributed by atoms with E-state index in [9.17, 15) is 17.8 Å². The Bertz CT molecular complexity index is 298. The Hall–Kier alpha value is -0.620. The summed E-state index contributed by atoms with van der Waals surface area (Å²) in [6, 6.07) is 0. The zero-order chi connectivity index (χ0) is 12.6. The number of carbonyl (C=O) groups is 1. The Morgan fingerprint density at radius 2 is 1.94 bits per heavy atom. The van der Waals surface area contributed by atoms with Crippen LogP contribution >= 0.6 is 0 Å². The van der Waals surface area contributed by atoms with E-state index >= 15 is 0 Å². The minimum atomic E-state index is -4.15. The summed E-state index contributed by atoms with van der Waals surface area (Å²) in [6.07, 6.45) is 2.48. The Balaban J connectivity index is 3.45. The largest absolute Gasteiger partial charge is 0.748 e. The summed E-state index contributed by atoms with van der Waals surface area (Å²) in [5.74, 6) is 0.0848. The lowest BCUT2D eigenvalue weighted by molar-refractivity contribution is -0.121. The van der Waals surface area contributed by atoms with E-state index in [4.69, 9.17) is 0 Å². The Kier molecular flexibility index (Phi) is 7.33. The predicted molar refractivity (Wildman–Crippen MR) is 60.9 cm³/mol. The van der Waals surface area contributed by atoms with E-state index in [1.54, 1.807) is 0 Å². The lowest BCUT2D eigenvalue weighted by Crippen LogP contribution is -2.25. The number of nitrogens with one attached hydrogen (secondary N) is 1. The molecule has 0 aromatic rings. The minimum Gasteiger partial charge on any atom is -0.748 e. The first-order chi connectivity index (χ1) is 7.31. The van der Waals surface area contributed by atoms with E-state index < -0.39 is 15.9 Å². The lowest BCUT2D eigenvalue weighted by Gasteiger charge is -2.08. The summed E-state index contributed by atoms with van der Waals surface area (Å²) in [5.41, 5.74) is 0. The average molecular weight is 250 g/mol. The van der Waals surface area contributed by atoms with E-state index in [1.165, 1.54) is 0 Å². The quantitative estimate of drug-likeness (QED) is 0.511. The molecule has 0 saturated carbocycles. The molecule has 0 aromatic heterocycles. The molecule has 0 saturated heterocycles. The van der Waals surface area contributed by atoms with Crippen LogP contribution in [0.25, 0.3) is 0 Å². The molecule has 0 unspecified atom stereocenters. The third kappa shape index (κ3) is 11.5. The molecule has 96 valence electrons. The third-order valence-corrected chi connectivity index (χ3v) is 2.87. The molecule has 6 heteroatoms. The fourth-order valence-electron chi connectivity index (χ4n) is 1.24. The zero-order valence-corrected chi connectivity index (χ0v) is 10.7. The fourth-order valence-corrected chi connectivity index (χ4v) is 1.73. The second-order valence-corrected chi connectivity index (χ2v) is 5.77. The van der Waals surface area contributed by atoms with Gasteiger partial charge >= 0.3 is 0 Å². The summed E-state index contributed by atoms with van der Waals surface area (Å²) in [4.78, 5) is 11.2. The van der Waals surface area contributed by atoms with Gasteiger partial charge in [-0.05, 0) is 18.8 Å². The number of hydrogen-bond donors (Lipinski definition) is 1. The van der Waals surface area contributed by atoms with Crippen molar-refractivity contribution >= 4 is 16.0 Å². The summed E-state index contributed by atoms with van der Waals surface area (Å²) >= 11 is 0. The highest BCUT2D eigenvalue weighted by Gasteiger charge is 2.02. The number of rotatable bonds is 8. The first-order valence-corrected chi connectivity index (χ1v) is 7.09. The molecule has 16 heavy (non-hydrogen) atoms. The molecule has 0 aromatic carbocycles. The second-order valence-electron chi connectivity index (χ2n) is 4.25. The molecular weight excluding hydrogens is 230 g/mol. The highest BCUT2D eigenvalue weighted by Crippen LogP contribution is 2.05. The van der Waals surface area contributed by atoms with E-state index in [1.807, 2.05) is 0 Å². The number of amides is 1. The lowest BCUT2D eigenvalue weighted by atomic mass is 10.1. The Morgan fingerprint density at radius 3 is 2.44 bits per heavy atom. The summed E-state index contributed by atoms with van der Waals surface area (Å²) < 4.78 is 30.8. The van der Waals surface area contributed by atoms with Gasteiger partial charge in [0.25, 0.3) is 0 Å². The highest BCUT2D eigenvalue weighted by molar-refractivity contribution is 7.85. The van der Waals surface area contributed by atoms with Gasteiger partial charge in [0.1, 0.15) is 0 Å². The summed E-state index contributed by atoms with van der Waals surface area (Å²) in [6.45, 7) is 4.44. The topological polar surface area (TPSA) is 86.3 Å². The van der Waals surface area contributed by atoms with Gasteiger partial charge in [0.15, 0.2) is 0 Å². The molecule has 1 N–H and O–H groups in total. The van der Waals surface area contributed by atoms with Crippen molar-refractivity contribution in [1.29, 1.82) is 0 Å². The number of hydrogen-bond acceptors (Lipinski definition) is 4. The van der Waals surface area contributed by atoms with E-state index in [2.05, 4.69) is 19.2 Å². The SMILES string of the molecule is CC(C)CCCC(=O)NCCCS(=O)(=O)[O-]. The second kappa shape index (κ2) is 7.62. The molecule has 0 heterocycles. The van der Waals surface area contributed by atoms with Crippen LogP contribution in [0.15, 0.2) is 0 Å². The van der Waals surface area contributed by atoms with E-state index in [0.717, 1.165) is 12.8 Å². The maximum atomic E-state index is 11.2. The van der Waals surface area contributed by atoms with Crippen LogP contribution in [0, 0.1) is 5.92 Å². The molecule has 0 spiro atoms. The minimum absolute atomic E-state index is 0.0797. The molecule has 0 aliphatic carbocycles. The van der Waals surface area contributed by atoms with Gasteiger partial charge < -0.3 is 9.87 Å². The van der Waals surface area contributed by atoms with Crippen molar-refractivity contribution in [2.45, 2.75) is 39.5 Å². The van der Waals surface area contributed by atoms with Crippen molar-refractivity contribution in [2.75, 3.05) is 12.3 Å². The van der Waals surface area contributed by atoms with Gasteiger partial charge in [-0.2, -0.15) is 0 Å².